The van der Waals surface area contributed by atoms with Gasteiger partial charge in [-0.25, -0.2) is 4.79 Å². The number of thioether (sulfide) groups is 1. The number of oxime groups is 1. The van der Waals surface area contributed by atoms with Crippen LogP contribution in [0.3, 0.4) is 0 Å². The van der Waals surface area contributed by atoms with Gasteiger partial charge in [0.2, 0.25) is 5.91 Å². The van der Waals surface area contributed by atoms with Gasteiger partial charge in [0.1, 0.15) is 27.8 Å². The minimum absolute atomic E-state index is 0.267. The van der Waals surface area contributed by atoms with E-state index in [9.17, 15) is 9.59 Å². The molecular formula is C20H27N3O5S. The van der Waals surface area contributed by atoms with Gasteiger partial charge >= 0.3 is 5.63 Å². The van der Waals surface area contributed by atoms with Crippen LogP contribution in [0, 0.1) is 5.92 Å². The molecule has 0 bridgehead atoms. The summed E-state index contributed by atoms with van der Waals surface area (Å²) in [6.07, 6.45) is 3.71. The van der Waals surface area contributed by atoms with Gasteiger partial charge in [-0.1, -0.05) is 18.5 Å². The van der Waals surface area contributed by atoms with Crippen LogP contribution in [0.15, 0.2) is 31.5 Å². The van der Waals surface area contributed by atoms with Gasteiger partial charge in [-0.2, -0.15) is 0 Å². The molecule has 158 valence electrons. The second-order valence-electron chi connectivity index (χ2n) is 7.75. The zero-order valence-electron chi connectivity index (χ0n) is 16.9. The summed E-state index contributed by atoms with van der Waals surface area (Å²) in [5, 5.41) is 15.6. The summed E-state index contributed by atoms with van der Waals surface area (Å²) in [5.74, 6) is 1.58. The number of hydrogen-bond donors (Lipinski definition) is 2. The molecule has 0 unspecified atom stereocenters. The van der Waals surface area contributed by atoms with Crippen molar-refractivity contribution in [2.75, 3.05) is 12.4 Å². The van der Waals surface area contributed by atoms with E-state index in [1.807, 2.05) is 6.92 Å². The maximum absolute atomic E-state index is 13.0. The second kappa shape index (κ2) is 9.02. The van der Waals surface area contributed by atoms with Crippen LogP contribution < -0.4 is 15.7 Å². The summed E-state index contributed by atoms with van der Waals surface area (Å²) >= 11 is 1.37. The fourth-order valence-corrected chi connectivity index (χ4v) is 4.09. The first-order valence-corrected chi connectivity index (χ1v) is 10.8. The molecule has 2 aliphatic rings. The monoisotopic (exact) mass is 421 g/mol. The Kier molecular flexibility index (Phi) is 6.66. The normalized spacial score (nSPS) is 22.9. The summed E-state index contributed by atoms with van der Waals surface area (Å²) in [5.41, 5.74) is -1.11. The smallest absolute Gasteiger partial charge is 0.339 e. The topological polar surface area (TPSA) is 113 Å². The van der Waals surface area contributed by atoms with Crippen LogP contribution in [-0.4, -0.2) is 39.8 Å². The van der Waals surface area contributed by atoms with Gasteiger partial charge in [-0.05, 0) is 39.0 Å². The van der Waals surface area contributed by atoms with Crippen LogP contribution in [0.2, 0.25) is 0 Å². The third kappa shape index (κ3) is 5.41. The van der Waals surface area contributed by atoms with Crippen LogP contribution in [-0.2, 0) is 4.79 Å². The lowest BCUT2D eigenvalue weighted by molar-refractivity contribution is -0.125. The van der Waals surface area contributed by atoms with Gasteiger partial charge in [0.05, 0.1) is 18.7 Å². The van der Waals surface area contributed by atoms with Crippen molar-refractivity contribution in [3.8, 4) is 5.75 Å². The Morgan fingerprint density at radius 1 is 1.52 bits per heavy atom. The lowest BCUT2D eigenvalue weighted by Gasteiger charge is -2.24. The molecule has 2 heterocycles. The molecule has 1 aliphatic carbocycles. The Hall–Kier alpha value is -2.29. The molecule has 8 nitrogen and oxygen atoms in total. The lowest BCUT2D eigenvalue weighted by Crippen LogP contribution is -2.45. The van der Waals surface area contributed by atoms with Crippen molar-refractivity contribution >= 4 is 28.4 Å². The molecule has 0 saturated heterocycles. The fraction of sp³-hybridized carbons (Fsp3) is 0.600. The molecule has 1 aromatic rings. The summed E-state index contributed by atoms with van der Waals surface area (Å²) in [6.45, 7) is 5.96. The molecule has 2 N–H and O–H groups in total. The van der Waals surface area contributed by atoms with E-state index in [2.05, 4.69) is 15.5 Å². The average molecular weight is 422 g/mol. The summed E-state index contributed by atoms with van der Waals surface area (Å²) in [6, 6.07) is 2.56. The SMILES string of the molecule is CCC[C@@H](NC(=O)[C@]1(C)CSC(/C(C)=N\O)=N1)c1cc(OCC2CC2)cc(=O)o1. The first kappa shape index (κ1) is 21.4. The van der Waals surface area contributed by atoms with Gasteiger partial charge in [0.15, 0.2) is 0 Å². The van der Waals surface area contributed by atoms with E-state index >= 15 is 0 Å². The molecule has 1 amide bonds. The van der Waals surface area contributed by atoms with Gasteiger partial charge in [0.25, 0.3) is 0 Å². The molecule has 0 aromatic carbocycles. The van der Waals surface area contributed by atoms with Crippen molar-refractivity contribution in [1.29, 1.82) is 0 Å². The van der Waals surface area contributed by atoms with E-state index in [0.717, 1.165) is 19.3 Å². The van der Waals surface area contributed by atoms with Crippen molar-refractivity contribution in [3.05, 3.63) is 28.3 Å². The molecule has 9 heteroatoms. The van der Waals surface area contributed by atoms with Gasteiger partial charge in [0, 0.05) is 11.8 Å². The number of aliphatic imine (C=N–C) groups is 1. The van der Waals surface area contributed by atoms with Gasteiger partial charge in [-0.15, -0.1) is 11.8 Å². The minimum atomic E-state index is -0.988. The van der Waals surface area contributed by atoms with Crippen molar-refractivity contribution in [3.63, 3.8) is 0 Å². The Labute approximate surface area is 173 Å². The molecule has 0 radical (unpaired) electrons. The highest BCUT2D eigenvalue weighted by atomic mass is 32.2. The molecule has 1 aliphatic heterocycles. The highest BCUT2D eigenvalue weighted by Gasteiger charge is 2.40. The molecule has 3 rings (SSSR count). The summed E-state index contributed by atoms with van der Waals surface area (Å²) in [4.78, 5) is 29.5. The van der Waals surface area contributed by atoms with E-state index < -0.39 is 17.2 Å². The molecule has 29 heavy (non-hydrogen) atoms. The molecule has 1 fully saturated rings. The zero-order chi connectivity index (χ0) is 21.0. The largest absolute Gasteiger partial charge is 0.493 e. The lowest BCUT2D eigenvalue weighted by atomic mass is 10.0. The van der Waals surface area contributed by atoms with Crippen molar-refractivity contribution in [1.82, 2.24) is 5.32 Å². The predicted octanol–water partition coefficient (Wildman–Crippen LogP) is 3.14. The minimum Gasteiger partial charge on any atom is -0.493 e. The zero-order valence-corrected chi connectivity index (χ0v) is 17.8. The number of hydrogen-bond acceptors (Lipinski definition) is 8. The maximum atomic E-state index is 13.0. The Morgan fingerprint density at radius 2 is 2.28 bits per heavy atom. The van der Waals surface area contributed by atoms with Crippen LogP contribution in [0.4, 0.5) is 0 Å². The number of carbonyl (C=O) groups is 1. The van der Waals surface area contributed by atoms with E-state index in [0.29, 0.717) is 47.0 Å². The highest BCUT2D eigenvalue weighted by molar-refractivity contribution is 8.16. The van der Waals surface area contributed by atoms with Crippen LogP contribution in [0.5, 0.6) is 5.75 Å². The quantitative estimate of drug-likeness (QED) is 0.360. The van der Waals surface area contributed by atoms with E-state index in [1.54, 1.807) is 19.9 Å². The third-order valence-corrected chi connectivity index (χ3v) is 6.33. The van der Waals surface area contributed by atoms with E-state index in [4.69, 9.17) is 14.4 Å². The summed E-state index contributed by atoms with van der Waals surface area (Å²) < 4.78 is 11.1. The van der Waals surface area contributed by atoms with Gasteiger partial charge < -0.3 is 19.7 Å². The Bertz CT molecular complexity index is 877. The predicted molar refractivity (Wildman–Crippen MR) is 112 cm³/mol. The van der Waals surface area contributed by atoms with E-state index in [-0.39, 0.29) is 5.91 Å². The van der Waals surface area contributed by atoms with Crippen molar-refractivity contribution < 1.29 is 19.2 Å². The Balaban J connectivity index is 1.77. The standard InChI is InChI=1S/C20H27N3O5S/c1-4-5-15(16-8-14(9-17(24)28-16)27-10-13-6-7-13)21-19(25)20(3)11-29-18(22-20)12(2)23-26/h8-9,13,15,26H,4-7,10-11H2,1-3H3,(H,21,25)/b23-12-/t15-,20+/m1/s1. The number of nitrogens with one attached hydrogen (secondary N) is 1. The molecule has 0 spiro atoms. The number of nitrogens with zero attached hydrogens (tertiary/aromatic N) is 2. The number of ether oxygens (including phenoxy) is 1. The Morgan fingerprint density at radius 3 is 2.93 bits per heavy atom. The number of amides is 1. The van der Waals surface area contributed by atoms with E-state index in [1.165, 1.54) is 17.8 Å². The highest BCUT2D eigenvalue weighted by Crippen LogP contribution is 2.31. The molecule has 1 saturated carbocycles. The van der Waals surface area contributed by atoms with Gasteiger partial charge in [-0.3, -0.25) is 9.79 Å². The fourth-order valence-electron chi connectivity index (χ4n) is 2.96. The third-order valence-electron chi connectivity index (χ3n) is 4.96. The molecular weight excluding hydrogens is 394 g/mol. The first-order chi connectivity index (χ1) is 13.8. The molecule has 2 atom stereocenters. The average Bonchev–Trinajstić information content (AvgIpc) is 3.44. The van der Waals surface area contributed by atoms with Crippen molar-refractivity contribution in [2.24, 2.45) is 16.1 Å². The maximum Gasteiger partial charge on any atom is 0.339 e. The summed E-state index contributed by atoms with van der Waals surface area (Å²) in [7, 11) is 0. The number of carbonyl (C=O) groups excluding carboxylic acids is 1. The number of rotatable bonds is 9. The van der Waals surface area contributed by atoms with Crippen LogP contribution >= 0.6 is 11.8 Å². The van der Waals surface area contributed by atoms with Crippen LogP contribution in [0.1, 0.15) is 58.3 Å². The second-order valence-corrected chi connectivity index (χ2v) is 8.71. The van der Waals surface area contributed by atoms with Crippen molar-refractivity contribution in [2.45, 2.75) is 58.0 Å². The van der Waals surface area contributed by atoms with Crippen LogP contribution in [0.25, 0.3) is 0 Å². The molecule has 1 aromatic heterocycles. The first-order valence-electron chi connectivity index (χ1n) is 9.85.